The van der Waals surface area contributed by atoms with Crippen molar-refractivity contribution in [2.24, 2.45) is 5.92 Å². The minimum atomic E-state index is 0.131. The second-order valence-electron chi connectivity index (χ2n) is 4.83. The predicted octanol–water partition coefficient (Wildman–Crippen LogP) is 2.66. The summed E-state index contributed by atoms with van der Waals surface area (Å²) >= 11 is 0. The van der Waals surface area contributed by atoms with Gasteiger partial charge in [-0.25, -0.2) is 0 Å². The van der Waals surface area contributed by atoms with Gasteiger partial charge in [-0.3, -0.25) is 0 Å². The molecule has 2 unspecified atom stereocenters. The van der Waals surface area contributed by atoms with Gasteiger partial charge in [-0.15, -0.1) is 0 Å². The fraction of sp³-hybridized carbons (Fsp3) is 0.571. The molecule has 2 heteroatoms. The van der Waals surface area contributed by atoms with Gasteiger partial charge in [0.15, 0.2) is 0 Å². The smallest absolute Gasteiger partial charge is 0.0582 e. The Bertz CT molecular complexity index is 322. The number of benzene rings is 1. The van der Waals surface area contributed by atoms with Gasteiger partial charge in [-0.1, -0.05) is 38.1 Å². The maximum atomic E-state index is 9.12. The molecule has 1 aromatic carbocycles. The molecule has 0 amide bonds. The Morgan fingerprint density at radius 1 is 1.19 bits per heavy atom. The number of nitrogens with one attached hydrogen (secondary N) is 1. The summed E-state index contributed by atoms with van der Waals surface area (Å²) in [6.07, 6.45) is 0. The molecule has 0 fully saturated rings. The van der Waals surface area contributed by atoms with Crippen LogP contribution in [0.25, 0.3) is 0 Å². The lowest BCUT2D eigenvalue weighted by atomic mass is 9.92. The molecular formula is C14H23NO. The molecule has 0 radical (unpaired) electrons. The molecule has 2 atom stereocenters. The molecule has 0 aromatic heterocycles. The summed E-state index contributed by atoms with van der Waals surface area (Å²) in [5.74, 6) is 0.509. The average Bonchev–Trinajstić information content (AvgIpc) is 2.26. The second-order valence-corrected chi connectivity index (χ2v) is 4.83. The first-order valence-corrected chi connectivity index (χ1v) is 5.98. The zero-order valence-corrected chi connectivity index (χ0v) is 10.7. The quantitative estimate of drug-likeness (QED) is 0.801. The van der Waals surface area contributed by atoms with Gasteiger partial charge >= 0.3 is 0 Å². The van der Waals surface area contributed by atoms with E-state index in [0.717, 1.165) is 0 Å². The molecule has 0 bridgehead atoms. The maximum absolute atomic E-state index is 9.12. The van der Waals surface area contributed by atoms with Crippen LogP contribution >= 0.6 is 0 Å². The monoisotopic (exact) mass is 221 g/mol. The zero-order chi connectivity index (χ0) is 12.1. The van der Waals surface area contributed by atoms with Crippen LogP contribution in [0, 0.1) is 12.8 Å². The number of aliphatic hydroxyl groups excluding tert-OH is 1. The minimum absolute atomic E-state index is 0.131. The van der Waals surface area contributed by atoms with Crippen molar-refractivity contribution in [3.05, 3.63) is 35.4 Å². The van der Waals surface area contributed by atoms with E-state index in [9.17, 15) is 0 Å². The minimum Gasteiger partial charge on any atom is -0.395 e. The van der Waals surface area contributed by atoms with Crippen molar-refractivity contribution in [2.75, 3.05) is 6.61 Å². The van der Waals surface area contributed by atoms with Crippen molar-refractivity contribution in [1.29, 1.82) is 0 Å². The van der Waals surface area contributed by atoms with Crippen LogP contribution in [-0.4, -0.2) is 17.8 Å². The lowest BCUT2D eigenvalue weighted by Crippen LogP contribution is -2.36. The summed E-state index contributed by atoms with van der Waals surface area (Å²) in [6, 6.07) is 8.87. The van der Waals surface area contributed by atoms with Crippen LogP contribution in [-0.2, 0) is 0 Å². The van der Waals surface area contributed by atoms with Gasteiger partial charge in [0.25, 0.3) is 0 Å². The van der Waals surface area contributed by atoms with Crippen LogP contribution in [0.15, 0.2) is 24.3 Å². The first-order valence-electron chi connectivity index (χ1n) is 5.98. The van der Waals surface area contributed by atoms with Crippen molar-refractivity contribution in [3.8, 4) is 0 Å². The van der Waals surface area contributed by atoms with Crippen LogP contribution in [0.1, 0.15) is 37.9 Å². The van der Waals surface area contributed by atoms with Crippen molar-refractivity contribution in [2.45, 2.75) is 39.8 Å². The first-order chi connectivity index (χ1) is 7.56. The van der Waals surface area contributed by atoms with Gasteiger partial charge in [0.1, 0.15) is 0 Å². The molecule has 1 rings (SSSR count). The Morgan fingerprint density at radius 3 is 2.31 bits per heavy atom. The number of hydrogen-bond donors (Lipinski definition) is 2. The SMILES string of the molecule is Cc1ccccc1C(NC(C)CO)C(C)C. The molecule has 0 spiro atoms. The zero-order valence-electron chi connectivity index (χ0n) is 10.7. The first kappa shape index (κ1) is 13.2. The highest BCUT2D eigenvalue weighted by Gasteiger charge is 2.18. The Morgan fingerprint density at radius 2 is 1.81 bits per heavy atom. The number of rotatable bonds is 5. The molecule has 90 valence electrons. The summed E-state index contributed by atoms with van der Waals surface area (Å²) in [6.45, 7) is 8.72. The van der Waals surface area contributed by atoms with Crippen LogP contribution in [0.4, 0.5) is 0 Å². The maximum Gasteiger partial charge on any atom is 0.0582 e. The summed E-state index contributed by atoms with van der Waals surface area (Å²) in [7, 11) is 0. The molecule has 0 aliphatic heterocycles. The van der Waals surface area contributed by atoms with E-state index in [4.69, 9.17) is 5.11 Å². The Labute approximate surface area is 98.7 Å². The van der Waals surface area contributed by atoms with Gasteiger partial charge < -0.3 is 10.4 Å². The Hall–Kier alpha value is -0.860. The van der Waals surface area contributed by atoms with E-state index in [0.29, 0.717) is 12.0 Å². The van der Waals surface area contributed by atoms with E-state index in [-0.39, 0.29) is 12.6 Å². The van der Waals surface area contributed by atoms with E-state index in [1.165, 1.54) is 11.1 Å². The van der Waals surface area contributed by atoms with Gasteiger partial charge in [0.05, 0.1) is 6.61 Å². The molecule has 16 heavy (non-hydrogen) atoms. The third-order valence-corrected chi connectivity index (χ3v) is 2.93. The second kappa shape index (κ2) is 6.02. The molecule has 1 aromatic rings. The normalized spacial score (nSPS) is 15.1. The molecule has 0 saturated carbocycles. The highest BCUT2D eigenvalue weighted by molar-refractivity contribution is 5.29. The molecule has 2 nitrogen and oxygen atoms in total. The fourth-order valence-corrected chi connectivity index (χ4v) is 1.94. The lowest BCUT2D eigenvalue weighted by molar-refractivity contribution is 0.229. The van der Waals surface area contributed by atoms with E-state index in [1.54, 1.807) is 0 Å². The van der Waals surface area contributed by atoms with E-state index < -0.39 is 0 Å². The topological polar surface area (TPSA) is 32.3 Å². The number of hydrogen-bond acceptors (Lipinski definition) is 2. The fourth-order valence-electron chi connectivity index (χ4n) is 1.94. The Kier molecular flexibility index (Phi) is 4.97. The van der Waals surface area contributed by atoms with E-state index >= 15 is 0 Å². The van der Waals surface area contributed by atoms with Gasteiger partial charge in [-0.2, -0.15) is 0 Å². The third-order valence-electron chi connectivity index (χ3n) is 2.93. The van der Waals surface area contributed by atoms with Crippen molar-refractivity contribution in [1.82, 2.24) is 5.32 Å². The van der Waals surface area contributed by atoms with Crippen LogP contribution in [0.3, 0.4) is 0 Å². The number of aliphatic hydroxyl groups is 1. The predicted molar refractivity (Wildman–Crippen MR) is 68.4 cm³/mol. The van der Waals surface area contributed by atoms with Crippen LogP contribution in [0.2, 0.25) is 0 Å². The number of aryl methyl sites for hydroxylation is 1. The van der Waals surface area contributed by atoms with E-state index in [1.807, 2.05) is 6.92 Å². The van der Waals surface area contributed by atoms with Gasteiger partial charge in [-0.05, 0) is 30.9 Å². The lowest BCUT2D eigenvalue weighted by Gasteiger charge is -2.27. The molecule has 0 heterocycles. The van der Waals surface area contributed by atoms with Crippen molar-refractivity contribution >= 4 is 0 Å². The molecule has 2 N–H and O–H groups in total. The average molecular weight is 221 g/mol. The van der Waals surface area contributed by atoms with Gasteiger partial charge in [0, 0.05) is 12.1 Å². The largest absolute Gasteiger partial charge is 0.395 e. The summed E-state index contributed by atoms with van der Waals surface area (Å²) < 4.78 is 0. The van der Waals surface area contributed by atoms with E-state index in [2.05, 4.69) is 50.4 Å². The molecule has 0 aliphatic carbocycles. The van der Waals surface area contributed by atoms with Crippen LogP contribution in [0.5, 0.6) is 0 Å². The standard InChI is InChI=1S/C14H23NO/c1-10(2)14(15-12(4)9-16)13-8-6-5-7-11(13)3/h5-8,10,12,14-16H,9H2,1-4H3. The molecular weight excluding hydrogens is 198 g/mol. The highest BCUT2D eigenvalue weighted by atomic mass is 16.3. The third kappa shape index (κ3) is 3.32. The highest BCUT2D eigenvalue weighted by Crippen LogP contribution is 2.24. The summed E-state index contributed by atoms with van der Waals surface area (Å²) in [5, 5.41) is 12.6. The Balaban J connectivity index is 2.90. The van der Waals surface area contributed by atoms with Crippen molar-refractivity contribution < 1.29 is 5.11 Å². The summed E-state index contributed by atoms with van der Waals surface area (Å²) in [4.78, 5) is 0. The molecule has 0 aliphatic rings. The van der Waals surface area contributed by atoms with Crippen LogP contribution < -0.4 is 5.32 Å². The summed E-state index contributed by atoms with van der Waals surface area (Å²) in [5.41, 5.74) is 2.64. The molecule has 0 saturated heterocycles. The van der Waals surface area contributed by atoms with Gasteiger partial charge in [0.2, 0.25) is 0 Å². The van der Waals surface area contributed by atoms with Crippen molar-refractivity contribution in [3.63, 3.8) is 0 Å².